The molecule has 0 atom stereocenters. The largest absolute Gasteiger partial charge is 0.319 e. The van der Waals surface area contributed by atoms with E-state index < -0.39 is 28.0 Å². The van der Waals surface area contributed by atoms with E-state index >= 15 is 0 Å². The highest BCUT2D eigenvalue weighted by Crippen LogP contribution is 2.38. The molecule has 0 aliphatic rings. The smallest absolute Gasteiger partial charge is 0.288 e. The molecule has 2 rings (SSSR count). The summed E-state index contributed by atoms with van der Waals surface area (Å²) in [6.45, 7) is 0. The van der Waals surface area contributed by atoms with E-state index in [1.165, 1.54) is 6.07 Å². The zero-order valence-corrected chi connectivity index (χ0v) is 14.3. The molecule has 0 amide bonds. The molecule has 0 bridgehead atoms. The van der Waals surface area contributed by atoms with Crippen LogP contribution in [0.3, 0.4) is 0 Å². The van der Waals surface area contributed by atoms with Crippen LogP contribution in [0.25, 0.3) is 0 Å². The number of ketones is 1. The molecule has 0 radical (unpaired) electrons. The number of halogens is 5. The highest BCUT2D eigenvalue weighted by atomic mass is 79.9. The van der Waals surface area contributed by atoms with E-state index in [1.807, 2.05) is 0 Å². The van der Waals surface area contributed by atoms with E-state index in [4.69, 9.17) is 11.6 Å². The van der Waals surface area contributed by atoms with Crippen LogP contribution in [0.4, 0.5) is 14.5 Å². The lowest BCUT2D eigenvalue weighted by molar-refractivity contribution is -0.388. The molecule has 9 heteroatoms. The van der Waals surface area contributed by atoms with Crippen LogP contribution in [0.5, 0.6) is 0 Å². The lowest BCUT2D eigenvalue weighted by Gasteiger charge is -2.09. The number of carbonyl (C=O) groups excluding carboxylic acids is 1. The summed E-state index contributed by atoms with van der Waals surface area (Å²) >= 11 is 11.7. The minimum Gasteiger partial charge on any atom is -0.288 e. The van der Waals surface area contributed by atoms with E-state index in [0.717, 1.165) is 18.2 Å². The summed E-state index contributed by atoms with van der Waals surface area (Å²) in [7, 11) is 0. The van der Waals surface area contributed by atoms with Gasteiger partial charge in [0, 0.05) is 10.0 Å². The third-order valence-corrected chi connectivity index (χ3v) is 4.46. The minimum atomic E-state index is -1.12. The van der Waals surface area contributed by atoms with Crippen molar-refractivity contribution in [1.82, 2.24) is 0 Å². The molecule has 0 unspecified atom stereocenters. The molecule has 0 aromatic heterocycles. The maximum Gasteiger partial charge on any atom is 0.319 e. The van der Waals surface area contributed by atoms with Crippen LogP contribution in [0.2, 0.25) is 5.02 Å². The van der Waals surface area contributed by atoms with Gasteiger partial charge in [-0.05, 0) is 56.1 Å². The van der Waals surface area contributed by atoms with Gasteiger partial charge in [-0.3, -0.25) is 14.9 Å². The van der Waals surface area contributed by atoms with Crippen LogP contribution in [0.1, 0.15) is 15.9 Å². The Morgan fingerprint density at radius 1 is 1.23 bits per heavy atom. The van der Waals surface area contributed by atoms with Gasteiger partial charge >= 0.3 is 5.69 Å². The Kier molecular flexibility index (Phi) is 4.93. The average Bonchev–Trinajstić information content (AvgIpc) is 2.40. The van der Waals surface area contributed by atoms with Gasteiger partial charge in [0.1, 0.15) is 10.3 Å². The molecule has 0 aliphatic heterocycles. The second-order valence-electron chi connectivity index (χ2n) is 4.09. The van der Waals surface area contributed by atoms with Crippen molar-refractivity contribution in [3.63, 3.8) is 0 Å². The van der Waals surface area contributed by atoms with Crippen LogP contribution in [-0.2, 0) is 0 Å². The quantitative estimate of drug-likeness (QED) is 0.359. The van der Waals surface area contributed by atoms with Crippen LogP contribution in [0, 0.1) is 21.7 Å². The van der Waals surface area contributed by atoms with Crippen LogP contribution >= 0.6 is 43.5 Å². The fourth-order valence-electron chi connectivity index (χ4n) is 1.76. The highest BCUT2D eigenvalue weighted by molar-refractivity contribution is 9.11. The first-order valence-electron chi connectivity index (χ1n) is 5.55. The predicted molar refractivity (Wildman–Crippen MR) is 83.3 cm³/mol. The maximum absolute atomic E-state index is 13.7. The molecule has 0 aliphatic carbocycles. The molecular weight excluding hydrogens is 451 g/mol. The van der Waals surface area contributed by atoms with Crippen LogP contribution in [-0.4, -0.2) is 10.7 Å². The van der Waals surface area contributed by atoms with Crippen molar-refractivity contribution in [1.29, 1.82) is 0 Å². The topological polar surface area (TPSA) is 60.2 Å². The van der Waals surface area contributed by atoms with E-state index in [0.29, 0.717) is 0 Å². The summed E-state index contributed by atoms with van der Waals surface area (Å²) in [5.41, 5.74) is -1.30. The fraction of sp³-hybridized carbons (Fsp3) is 0. The summed E-state index contributed by atoms with van der Waals surface area (Å²) in [6.07, 6.45) is 0. The molecule has 0 heterocycles. The second kappa shape index (κ2) is 6.39. The number of carbonyl (C=O) groups is 1. The zero-order chi connectivity index (χ0) is 16.6. The number of hydrogen-bond donors (Lipinski definition) is 0. The van der Waals surface area contributed by atoms with Crippen molar-refractivity contribution >= 4 is 54.9 Å². The van der Waals surface area contributed by atoms with Crippen molar-refractivity contribution in [2.45, 2.75) is 0 Å². The number of benzene rings is 2. The molecule has 0 saturated carbocycles. The van der Waals surface area contributed by atoms with Crippen molar-refractivity contribution in [2.24, 2.45) is 0 Å². The molecule has 0 saturated heterocycles. The van der Waals surface area contributed by atoms with Gasteiger partial charge in [0.05, 0.1) is 15.5 Å². The third-order valence-electron chi connectivity index (χ3n) is 2.73. The normalized spacial score (nSPS) is 10.6. The van der Waals surface area contributed by atoms with Crippen molar-refractivity contribution in [2.75, 3.05) is 0 Å². The Hall–Kier alpha value is -1.38. The Bertz CT molecular complexity index is 814. The van der Waals surface area contributed by atoms with Gasteiger partial charge in [0.15, 0.2) is 5.78 Å². The minimum absolute atomic E-state index is 0.0206. The number of rotatable bonds is 3. The van der Waals surface area contributed by atoms with Gasteiger partial charge in [-0.15, -0.1) is 0 Å². The first kappa shape index (κ1) is 17.0. The molecule has 0 N–H and O–H groups in total. The van der Waals surface area contributed by atoms with Crippen LogP contribution < -0.4 is 0 Å². The lowest BCUT2D eigenvalue weighted by atomic mass is 10.0. The van der Waals surface area contributed by atoms with E-state index in [1.54, 1.807) is 0 Å². The Morgan fingerprint density at radius 3 is 2.45 bits per heavy atom. The molecular formula is C13H4Br2ClF2NO3. The zero-order valence-electron chi connectivity index (χ0n) is 10.4. The molecule has 114 valence electrons. The van der Waals surface area contributed by atoms with Gasteiger partial charge in [0.25, 0.3) is 0 Å². The average molecular weight is 455 g/mol. The predicted octanol–water partition coefficient (Wildman–Crippen LogP) is 5.28. The number of nitro groups is 1. The van der Waals surface area contributed by atoms with Gasteiger partial charge in [-0.1, -0.05) is 11.6 Å². The summed E-state index contributed by atoms with van der Waals surface area (Å²) in [6, 6.07) is 3.95. The molecule has 0 spiro atoms. The fourth-order valence-corrected chi connectivity index (χ4v) is 3.54. The number of nitro benzene ring substituents is 1. The van der Waals surface area contributed by atoms with Gasteiger partial charge in [-0.2, -0.15) is 4.39 Å². The van der Waals surface area contributed by atoms with Crippen molar-refractivity contribution in [3.8, 4) is 0 Å². The van der Waals surface area contributed by atoms with Gasteiger partial charge in [0.2, 0.25) is 5.82 Å². The van der Waals surface area contributed by atoms with E-state index in [-0.39, 0.29) is 25.1 Å². The summed E-state index contributed by atoms with van der Waals surface area (Å²) in [5, 5.41) is 10.9. The number of nitrogens with zero attached hydrogens (tertiary/aromatic N) is 1. The van der Waals surface area contributed by atoms with Gasteiger partial charge in [-0.25, -0.2) is 4.39 Å². The second-order valence-corrected chi connectivity index (χ2v) is 6.14. The molecule has 2 aromatic carbocycles. The highest BCUT2D eigenvalue weighted by Gasteiger charge is 2.29. The standard InChI is InChI=1S/C13H4Br2ClF2NO3/c14-7-4-9(18)12(19(21)22)11(15)10(7)13(20)6-3-5(17)1-2-8(6)16/h1-4H. The maximum atomic E-state index is 13.7. The summed E-state index contributed by atoms with van der Waals surface area (Å²) < 4.78 is 26.6. The Labute approximate surface area is 144 Å². The van der Waals surface area contributed by atoms with Crippen molar-refractivity contribution in [3.05, 3.63) is 71.1 Å². The first-order valence-corrected chi connectivity index (χ1v) is 7.52. The SMILES string of the molecule is O=C(c1cc(F)ccc1Cl)c1c(Br)cc(F)c([N+](=O)[O-])c1Br. The molecule has 0 fully saturated rings. The first-order chi connectivity index (χ1) is 10.2. The Balaban J connectivity index is 2.72. The van der Waals surface area contributed by atoms with Crippen molar-refractivity contribution < 1.29 is 18.5 Å². The molecule has 2 aromatic rings. The Morgan fingerprint density at radius 2 is 1.86 bits per heavy atom. The molecule has 4 nitrogen and oxygen atoms in total. The number of hydrogen-bond acceptors (Lipinski definition) is 3. The molecule has 22 heavy (non-hydrogen) atoms. The monoisotopic (exact) mass is 453 g/mol. The third kappa shape index (κ3) is 3.04. The van der Waals surface area contributed by atoms with Gasteiger partial charge < -0.3 is 0 Å². The summed E-state index contributed by atoms with van der Waals surface area (Å²) in [5.74, 6) is -2.60. The lowest BCUT2D eigenvalue weighted by Crippen LogP contribution is -2.08. The summed E-state index contributed by atoms with van der Waals surface area (Å²) in [4.78, 5) is 22.4. The van der Waals surface area contributed by atoms with E-state index in [2.05, 4.69) is 31.9 Å². The van der Waals surface area contributed by atoms with Crippen LogP contribution in [0.15, 0.2) is 33.2 Å². The van der Waals surface area contributed by atoms with E-state index in [9.17, 15) is 23.7 Å².